The molecule has 2 aliphatic carbocycles. The van der Waals surface area contributed by atoms with Crippen LogP contribution in [0.4, 0.5) is 0 Å². The lowest BCUT2D eigenvalue weighted by Gasteiger charge is -2.21. The van der Waals surface area contributed by atoms with Crippen molar-refractivity contribution in [1.29, 1.82) is 0 Å². The molecule has 2 aromatic rings. The van der Waals surface area contributed by atoms with Gasteiger partial charge in [-0.25, -0.2) is 0 Å². The predicted molar refractivity (Wildman–Crippen MR) is 100 cm³/mol. The second kappa shape index (κ2) is 6.00. The van der Waals surface area contributed by atoms with Crippen molar-refractivity contribution in [2.24, 2.45) is 5.92 Å². The number of amides is 1. The molecule has 140 valence electrons. The first-order chi connectivity index (χ1) is 12.2. The maximum absolute atomic E-state index is 13.2. The zero-order valence-corrected chi connectivity index (χ0v) is 16.5. The Balaban J connectivity index is 1.54. The van der Waals surface area contributed by atoms with Crippen LogP contribution in [0.5, 0.6) is 0 Å². The average Bonchev–Trinajstić information content (AvgIpc) is 3.44. The standard InChI is InChI=1S/C21H29N3O2/c1-13-10-17(13)19-9-8-16(26-19)11-23(15-6-7-15)20(25)18-12-24(21(3,4)5)22-14(18)2/h8-9,12-13,15,17H,6-7,10-11H2,1-5H3. The fourth-order valence-corrected chi connectivity index (χ4v) is 3.49. The maximum Gasteiger partial charge on any atom is 0.257 e. The van der Waals surface area contributed by atoms with Gasteiger partial charge in [-0.1, -0.05) is 6.92 Å². The minimum Gasteiger partial charge on any atom is -0.464 e. The van der Waals surface area contributed by atoms with E-state index in [1.54, 1.807) is 0 Å². The molecule has 0 bridgehead atoms. The summed E-state index contributed by atoms with van der Waals surface area (Å²) in [6.07, 6.45) is 5.26. The van der Waals surface area contributed by atoms with Gasteiger partial charge in [-0.2, -0.15) is 5.10 Å². The van der Waals surface area contributed by atoms with Crippen molar-refractivity contribution in [2.75, 3.05) is 0 Å². The number of furan rings is 1. The van der Waals surface area contributed by atoms with Crippen LogP contribution in [-0.4, -0.2) is 26.6 Å². The van der Waals surface area contributed by atoms with Crippen LogP contribution in [0.25, 0.3) is 0 Å². The predicted octanol–water partition coefficient (Wildman–Crippen LogP) is 4.47. The summed E-state index contributed by atoms with van der Waals surface area (Å²) in [6.45, 7) is 11.0. The lowest BCUT2D eigenvalue weighted by Crippen LogP contribution is -2.32. The third kappa shape index (κ3) is 3.31. The third-order valence-corrected chi connectivity index (χ3v) is 5.55. The smallest absolute Gasteiger partial charge is 0.257 e. The fraction of sp³-hybridized carbons (Fsp3) is 0.619. The summed E-state index contributed by atoms with van der Waals surface area (Å²) in [7, 11) is 0. The molecule has 5 heteroatoms. The van der Waals surface area contributed by atoms with E-state index in [9.17, 15) is 4.79 Å². The summed E-state index contributed by atoms with van der Waals surface area (Å²) < 4.78 is 7.94. The molecule has 2 atom stereocenters. The number of aromatic nitrogens is 2. The summed E-state index contributed by atoms with van der Waals surface area (Å²) in [6, 6.07) is 4.45. The van der Waals surface area contributed by atoms with Crippen molar-refractivity contribution in [3.8, 4) is 0 Å². The Bertz CT molecular complexity index is 823. The minimum atomic E-state index is -0.134. The number of carbonyl (C=O) groups is 1. The van der Waals surface area contributed by atoms with E-state index >= 15 is 0 Å². The highest BCUT2D eigenvalue weighted by Gasteiger charge is 2.38. The van der Waals surface area contributed by atoms with Crippen molar-refractivity contribution < 1.29 is 9.21 Å². The highest BCUT2D eigenvalue weighted by Crippen LogP contribution is 2.47. The molecule has 1 amide bonds. The van der Waals surface area contributed by atoms with Gasteiger partial charge in [0.2, 0.25) is 0 Å². The van der Waals surface area contributed by atoms with E-state index in [1.807, 2.05) is 28.8 Å². The average molecular weight is 355 g/mol. The topological polar surface area (TPSA) is 51.3 Å². The monoisotopic (exact) mass is 355 g/mol. The molecule has 0 aliphatic heterocycles. The van der Waals surface area contributed by atoms with Crippen molar-refractivity contribution in [3.05, 3.63) is 41.1 Å². The molecule has 0 N–H and O–H groups in total. The molecule has 4 rings (SSSR count). The van der Waals surface area contributed by atoms with E-state index in [2.05, 4.69) is 38.9 Å². The van der Waals surface area contributed by atoms with Gasteiger partial charge < -0.3 is 9.32 Å². The second-order valence-corrected chi connectivity index (χ2v) is 9.03. The Morgan fingerprint density at radius 3 is 2.58 bits per heavy atom. The maximum atomic E-state index is 13.2. The molecule has 0 radical (unpaired) electrons. The van der Waals surface area contributed by atoms with Crippen LogP contribution in [0, 0.1) is 12.8 Å². The van der Waals surface area contributed by atoms with E-state index in [4.69, 9.17) is 4.42 Å². The summed E-state index contributed by atoms with van der Waals surface area (Å²) in [5.74, 6) is 3.33. The number of nitrogens with zero attached hydrogens (tertiary/aromatic N) is 3. The Hall–Kier alpha value is -2.04. The van der Waals surface area contributed by atoms with E-state index < -0.39 is 0 Å². The van der Waals surface area contributed by atoms with Gasteiger partial charge in [0.15, 0.2) is 0 Å². The van der Waals surface area contributed by atoms with Gasteiger partial charge in [0, 0.05) is 18.2 Å². The van der Waals surface area contributed by atoms with Crippen LogP contribution in [0.3, 0.4) is 0 Å². The van der Waals surface area contributed by atoms with Crippen LogP contribution in [0.15, 0.2) is 22.7 Å². The molecule has 5 nitrogen and oxygen atoms in total. The summed E-state index contributed by atoms with van der Waals surface area (Å²) in [4.78, 5) is 15.2. The molecule has 2 heterocycles. The Morgan fingerprint density at radius 1 is 1.35 bits per heavy atom. The number of rotatable bonds is 5. The van der Waals surface area contributed by atoms with Crippen LogP contribution < -0.4 is 0 Å². The molecule has 0 saturated heterocycles. The van der Waals surface area contributed by atoms with Crippen molar-refractivity contribution >= 4 is 5.91 Å². The first-order valence-corrected chi connectivity index (χ1v) is 9.70. The van der Waals surface area contributed by atoms with Gasteiger partial charge >= 0.3 is 0 Å². The van der Waals surface area contributed by atoms with E-state index in [0.29, 0.717) is 24.1 Å². The highest BCUT2D eigenvalue weighted by molar-refractivity contribution is 5.95. The van der Waals surface area contributed by atoms with Crippen LogP contribution in [-0.2, 0) is 12.1 Å². The highest BCUT2D eigenvalue weighted by atomic mass is 16.3. The Kier molecular flexibility index (Phi) is 4.01. The van der Waals surface area contributed by atoms with Crippen molar-refractivity contribution in [3.63, 3.8) is 0 Å². The molecule has 0 aromatic carbocycles. The van der Waals surface area contributed by atoms with E-state index in [-0.39, 0.29) is 11.4 Å². The lowest BCUT2D eigenvalue weighted by atomic mass is 10.1. The summed E-state index contributed by atoms with van der Waals surface area (Å²) >= 11 is 0. The number of aryl methyl sites for hydroxylation is 1. The Morgan fingerprint density at radius 2 is 2.04 bits per heavy atom. The molecule has 2 saturated carbocycles. The van der Waals surface area contributed by atoms with Gasteiger partial charge in [0.25, 0.3) is 5.91 Å². The molecule has 2 aromatic heterocycles. The first-order valence-electron chi connectivity index (χ1n) is 9.70. The summed E-state index contributed by atoms with van der Waals surface area (Å²) in [5, 5.41) is 4.56. The quantitative estimate of drug-likeness (QED) is 0.795. The summed E-state index contributed by atoms with van der Waals surface area (Å²) in [5.41, 5.74) is 1.36. The number of hydrogen-bond donors (Lipinski definition) is 0. The van der Waals surface area contributed by atoms with Gasteiger partial charge in [-0.3, -0.25) is 9.48 Å². The molecule has 2 aliphatic rings. The van der Waals surface area contributed by atoms with Gasteiger partial charge in [0.05, 0.1) is 23.3 Å². The SMILES string of the molecule is Cc1nn(C(C)(C)C)cc1C(=O)N(Cc1ccc(C2CC2C)o1)C1CC1. The number of hydrogen-bond acceptors (Lipinski definition) is 3. The van der Waals surface area contributed by atoms with Crippen LogP contribution in [0.2, 0.25) is 0 Å². The lowest BCUT2D eigenvalue weighted by molar-refractivity contribution is 0.0716. The molecular weight excluding hydrogens is 326 g/mol. The fourth-order valence-electron chi connectivity index (χ4n) is 3.49. The molecule has 26 heavy (non-hydrogen) atoms. The minimum absolute atomic E-state index is 0.0678. The largest absolute Gasteiger partial charge is 0.464 e. The molecule has 2 fully saturated rings. The van der Waals surface area contributed by atoms with Crippen molar-refractivity contribution in [2.45, 2.75) is 77.9 Å². The third-order valence-electron chi connectivity index (χ3n) is 5.55. The Labute approximate surface area is 155 Å². The zero-order valence-electron chi connectivity index (χ0n) is 16.5. The zero-order chi connectivity index (χ0) is 18.6. The normalized spacial score (nSPS) is 22.5. The molecular formula is C21H29N3O2. The van der Waals surface area contributed by atoms with Gasteiger partial charge in [0.1, 0.15) is 11.5 Å². The van der Waals surface area contributed by atoms with E-state index in [1.165, 1.54) is 6.42 Å². The van der Waals surface area contributed by atoms with Crippen LogP contribution >= 0.6 is 0 Å². The van der Waals surface area contributed by atoms with Gasteiger partial charge in [-0.15, -0.1) is 0 Å². The van der Waals surface area contributed by atoms with Gasteiger partial charge in [-0.05, 0) is 65.0 Å². The van der Waals surface area contributed by atoms with E-state index in [0.717, 1.165) is 36.0 Å². The second-order valence-electron chi connectivity index (χ2n) is 9.03. The van der Waals surface area contributed by atoms with Crippen LogP contribution in [0.1, 0.15) is 80.4 Å². The first kappa shape index (κ1) is 17.4. The number of carbonyl (C=O) groups excluding carboxylic acids is 1. The molecule has 0 spiro atoms. The molecule has 2 unspecified atom stereocenters. The van der Waals surface area contributed by atoms with Crippen molar-refractivity contribution in [1.82, 2.24) is 14.7 Å².